The Hall–Kier alpha value is -3.13. The fourth-order valence-electron chi connectivity index (χ4n) is 3.82. The summed E-state index contributed by atoms with van der Waals surface area (Å²) in [6.07, 6.45) is 3.71. The van der Waals surface area contributed by atoms with Gasteiger partial charge in [0.1, 0.15) is 5.82 Å². The number of benzene rings is 1. The Labute approximate surface area is 175 Å². The lowest BCUT2D eigenvalue weighted by Crippen LogP contribution is -2.38. The van der Waals surface area contributed by atoms with E-state index >= 15 is 0 Å². The lowest BCUT2D eigenvalue weighted by molar-refractivity contribution is -0.708. The molecule has 156 valence electrons. The third-order valence-electron chi connectivity index (χ3n) is 5.31. The maximum atomic E-state index is 14.1. The molecule has 0 atom stereocenters. The van der Waals surface area contributed by atoms with E-state index in [4.69, 9.17) is 0 Å². The summed E-state index contributed by atoms with van der Waals surface area (Å²) in [5, 5.41) is 15.8. The quantitative estimate of drug-likeness (QED) is 0.478. The van der Waals surface area contributed by atoms with Gasteiger partial charge < -0.3 is 4.90 Å². The molecule has 0 fully saturated rings. The van der Waals surface area contributed by atoms with Crippen LogP contribution in [-0.2, 0) is 19.5 Å². The van der Waals surface area contributed by atoms with Gasteiger partial charge in [-0.25, -0.2) is 8.96 Å². The van der Waals surface area contributed by atoms with Gasteiger partial charge in [-0.2, -0.15) is 0 Å². The molecule has 4 aromatic rings. The first kappa shape index (κ1) is 20.2. The number of rotatable bonds is 7. The first-order valence-corrected chi connectivity index (χ1v) is 10.1. The standard InChI is InChI=1S/C22H26FN7/c1-15-24-25-16(2)29(15)11-5-6-17-12-19(23)8-9-20(17)18-7-10-21-26-27-22(14-28(3)4)30(21)13-18/h7-10,12-13H,5-6,11,14H2,1-4H3/p+1. The molecule has 30 heavy (non-hydrogen) atoms. The second-order valence-corrected chi connectivity index (χ2v) is 7.91. The molecule has 0 saturated heterocycles. The van der Waals surface area contributed by atoms with Crippen LogP contribution in [0.15, 0.2) is 36.5 Å². The summed E-state index contributed by atoms with van der Waals surface area (Å²) in [7, 11) is 4.01. The summed E-state index contributed by atoms with van der Waals surface area (Å²) < 4.78 is 18.2. The highest BCUT2D eigenvalue weighted by Gasteiger charge is 2.14. The molecule has 3 heterocycles. The molecule has 0 bridgehead atoms. The van der Waals surface area contributed by atoms with Crippen molar-refractivity contribution in [2.75, 3.05) is 14.1 Å². The average molecular weight is 409 g/mol. The van der Waals surface area contributed by atoms with E-state index in [2.05, 4.69) is 29.9 Å². The van der Waals surface area contributed by atoms with Crippen molar-refractivity contribution in [1.82, 2.24) is 29.7 Å². The van der Waals surface area contributed by atoms with E-state index in [1.54, 1.807) is 6.07 Å². The summed E-state index contributed by atoms with van der Waals surface area (Å²) in [5.74, 6) is 2.65. The van der Waals surface area contributed by atoms with E-state index in [1.807, 2.05) is 56.7 Å². The summed E-state index contributed by atoms with van der Waals surface area (Å²) in [6.45, 7) is 5.52. The maximum absolute atomic E-state index is 14.1. The van der Waals surface area contributed by atoms with Crippen molar-refractivity contribution in [3.8, 4) is 11.1 Å². The Morgan fingerprint density at radius 1 is 1.13 bits per heavy atom. The monoisotopic (exact) mass is 408 g/mol. The van der Waals surface area contributed by atoms with Crippen LogP contribution in [0.1, 0.15) is 29.5 Å². The molecule has 0 spiro atoms. The molecule has 4 rings (SSSR count). The van der Waals surface area contributed by atoms with Crippen molar-refractivity contribution in [1.29, 1.82) is 0 Å². The van der Waals surface area contributed by atoms with Gasteiger partial charge >= 0.3 is 0 Å². The van der Waals surface area contributed by atoms with Crippen LogP contribution < -0.4 is 4.57 Å². The number of hydrogen-bond donors (Lipinski definition) is 1. The summed E-state index contributed by atoms with van der Waals surface area (Å²) >= 11 is 0. The second-order valence-electron chi connectivity index (χ2n) is 7.91. The second kappa shape index (κ2) is 8.31. The molecular formula is C22H27FN7+. The van der Waals surface area contributed by atoms with Gasteiger partial charge in [0.25, 0.3) is 5.82 Å². The minimum Gasteiger partial charge on any atom is -0.302 e. The van der Waals surface area contributed by atoms with E-state index < -0.39 is 0 Å². The van der Waals surface area contributed by atoms with Crippen LogP contribution in [0.25, 0.3) is 16.8 Å². The summed E-state index contributed by atoms with van der Waals surface area (Å²) in [5.41, 5.74) is 3.87. The number of aromatic amines is 1. The zero-order chi connectivity index (χ0) is 21.3. The van der Waals surface area contributed by atoms with E-state index in [0.29, 0.717) is 6.54 Å². The third kappa shape index (κ3) is 4.09. The smallest absolute Gasteiger partial charge is 0.274 e. The fourth-order valence-corrected chi connectivity index (χ4v) is 3.82. The van der Waals surface area contributed by atoms with E-state index in [-0.39, 0.29) is 5.82 Å². The first-order chi connectivity index (χ1) is 14.4. The number of H-pyrrole nitrogens is 1. The molecule has 1 N–H and O–H groups in total. The predicted molar refractivity (Wildman–Crippen MR) is 112 cm³/mol. The van der Waals surface area contributed by atoms with Gasteiger partial charge in [-0.1, -0.05) is 6.07 Å². The van der Waals surface area contributed by atoms with E-state index in [9.17, 15) is 4.39 Å². The molecule has 1 aromatic carbocycles. The van der Waals surface area contributed by atoms with E-state index in [1.165, 1.54) is 6.07 Å². The van der Waals surface area contributed by atoms with Crippen LogP contribution >= 0.6 is 0 Å². The van der Waals surface area contributed by atoms with Crippen LogP contribution in [0, 0.1) is 19.7 Å². The maximum Gasteiger partial charge on any atom is 0.274 e. The minimum atomic E-state index is -0.212. The number of fused-ring (bicyclic) bond motifs is 1. The third-order valence-corrected chi connectivity index (χ3v) is 5.31. The van der Waals surface area contributed by atoms with Crippen LogP contribution in [0.2, 0.25) is 0 Å². The lowest BCUT2D eigenvalue weighted by atomic mass is 9.97. The van der Waals surface area contributed by atoms with Crippen molar-refractivity contribution < 1.29 is 8.96 Å². The van der Waals surface area contributed by atoms with Crippen molar-refractivity contribution >= 4 is 5.65 Å². The number of pyridine rings is 1. The Balaban J connectivity index is 1.62. The number of hydrogen-bond acceptors (Lipinski definition) is 4. The van der Waals surface area contributed by atoms with Gasteiger partial charge in [0.05, 0.1) is 13.1 Å². The number of aromatic nitrogens is 6. The van der Waals surface area contributed by atoms with Gasteiger partial charge in [-0.15, -0.1) is 15.3 Å². The topological polar surface area (TPSA) is 66.0 Å². The molecule has 8 heteroatoms. The highest BCUT2D eigenvalue weighted by molar-refractivity contribution is 5.68. The molecule has 0 unspecified atom stereocenters. The molecule has 0 aliphatic carbocycles. The van der Waals surface area contributed by atoms with Crippen LogP contribution in [0.3, 0.4) is 0 Å². The molecule has 0 saturated carbocycles. The SMILES string of the molecule is Cc1n[nH]c(C)[n+]1CCCc1cc(F)ccc1-c1ccc2nnc(CN(C)C)n2c1. The number of halogens is 1. The largest absolute Gasteiger partial charge is 0.302 e. The first-order valence-electron chi connectivity index (χ1n) is 10.1. The van der Waals surface area contributed by atoms with E-state index in [0.717, 1.165) is 59.2 Å². The fraction of sp³-hybridized carbons (Fsp3) is 0.364. The van der Waals surface area contributed by atoms with Crippen molar-refractivity contribution in [2.24, 2.45) is 0 Å². The zero-order valence-corrected chi connectivity index (χ0v) is 17.9. The molecule has 0 aliphatic heterocycles. The van der Waals surface area contributed by atoms with Crippen molar-refractivity contribution in [3.05, 3.63) is 65.4 Å². The highest BCUT2D eigenvalue weighted by Crippen LogP contribution is 2.26. The lowest BCUT2D eigenvalue weighted by Gasteiger charge is -2.12. The van der Waals surface area contributed by atoms with Gasteiger partial charge in [0, 0.05) is 25.1 Å². The Morgan fingerprint density at radius 2 is 1.97 bits per heavy atom. The van der Waals surface area contributed by atoms with Gasteiger partial charge in [-0.3, -0.25) is 4.40 Å². The molecule has 7 nitrogen and oxygen atoms in total. The molecular weight excluding hydrogens is 381 g/mol. The molecule has 0 radical (unpaired) electrons. The zero-order valence-electron chi connectivity index (χ0n) is 17.9. The number of nitrogens with zero attached hydrogens (tertiary/aromatic N) is 6. The Bertz CT molecular complexity index is 1160. The molecule has 3 aromatic heterocycles. The van der Waals surface area contributed by atoms with Crippen LogP contribution in [-0.4, -0.2) is 43.8 Å². The van der Waals surface area contributed by atoms with Gasteiger partial charge in [0.2, 0.25) is 5.82 Å². The normalized spacial score (nSPS) is 11.7. The molecule has 0 amide bonds. The van der Waals surface area contributed by atoms with Gasteiger partial charge in [-0.05, 0) is 67.9 Å². The van der Waals surface area contributed by atoms with Crippen molar-refractivity contribution in [2.45, 2.75) is 39.8 Å². The number of aryl methyl sites for hydroxylation is 3. The highest BCUT2D eigenvalue weighted by atomic mass is 19.1. The Morgan fingerprint density at radius 3 is 2.70 bits per heavy atom. The average Bonchev–Trinajstić information content (AvgIpc) is 3.25. The summed E-state index contributed by atoms with van der Waals surface area (Å²) in [6, 6.07) is 9.02. The van der Waals surface area contributed by atoms with Gasteiger partial charge in [0.15, 0.2) is 11.5 Å². The predicted octanol–water partition coefficient (Wildman–Crippen LogP) is 2.86. The van der Waals surface area contributed by atoms with Crippen molar-refractivity contribution in [3.63, 3.8) is 0 Å². The Kier molecular flexibility index (Phi) is 5.59. The minimum absolute atomic E-state index is 0.212. The number of nitrogens with one attached hydrogen (secondary N) is 1. The molecule has 0 aliphatic rings. The van der Waals surface area contributed by atoms with Crippen LogP contribution in [0.5, 0.6) is 0 Å². The van der Waals surface area contributed by atoms with Crippen LogP contribution in [0.4, 0.5) is 4.39 Å². The summed E-state index contributed by atoms with van der Waals surface area (Å²) in [4.78, 5) is 2.06.